The maximum Gasteiger partial charge on any atom is 0.267 e. The van der Waals surface area contributed by atoms with Gasteiger partial charge in [0, 0.05) is 12.7 Å². The first-order chi connectivity index (χ1) is 16.5. The Balaban J connectivity index is 1.64. The van der Waals surface area contributed by atoms with Gasteiger partial charge in [-0.2, -0.15) is 0 Å². The van der Waals surface area contributed by atoms with Gasteiger partial charge in [-0.25, -0.2) is 4.98 Å². The second-order valence-electron chi connectivity index (χ2n) is 8.29. The molecule has 1 fully saturated rings. The van der Waals surface area contributed by atoms with E-state index in [2.05, 4.69) is 17.2 Å². The topological polar surface area (TPSA) is 79.8 Å². The molecule has 3 aromatic rings. The predicted octanol–water partition coefficient (Wildman–Crippen LogP) is 5.38. The Morgan fingerprint density at radius 2 is 2.00 bits per heavy atom. The Morgan fingerprint density at radius 1 is 1.18 bits per heavy atom. The van der Waals surface area contributed by atoms with Crippen molar-refractivity contribution in [2.24, 2.45) is 0 Å². The molecule has 1 aliphatic rings. The lowest BCUT2D eigenvalue weighted by Gasteiger charge is -2.14. The van der Waals surface area contributed by atoms with Crippen LogP contribution in [0.3, 0.4) is 0 Å². The lowest BCUT2D eigenvalue weighted by Crippen LogP contribution is -2.29. The molecule has 1 saturated heterocycles. The third-order valence-corrected chi connectivity index (χ3v) is 7.03. The van der Waals surface area contributed by atoms with E-state index in [1.165, 1.54) is 29.0 Å². The van der Waals surface area contributed by atoms with E-state index < -0.39 is 0 Å². The van der Waals surface area contributed by atoms with Gasteiger partial charge in [-0.1, -0.05) is 62.7 Å². The van der Waals surface area contributed by atoms with Gasteiger partial charge in [0.2, 0.25) is 0 Å². The number of pyridine rings is 1. The number of thiocarbonyl (C=S) groups is 1. The van der Waals surface area contributed by atoms with E-state index in [4.69, 9.17) is 16.6 Å². The van der Waals surface area contributed by atoms with Gasteiger partial charge < -0.3 is 9.73 Å². The molecule has 0 aliphatic carbocycles. The number of rotatable bonds is 10. The summed E-state index contributed by atoms with van der Waals surface area (Å²) in [7, 11) is 0. The van der Waals surface area contributed by atoms with Crippen LogP contribution in [0.4, 0.5) is 5.82 Å². The van der Waals surface area contributed by atoms with Crippen molar-refractivity contribution in [3.05, 3.63) is 68.9 Å². The number of thioether (sulfide) groups is 1. The summed E-state index contributed by atoms with van der Waals surface area (Å²) in [5.74, 6) is 0.956. The molecule has 0 radical (unpaired) electrons. The quantitative estimate of drug-likeness (QED) is 0.229. The zero-order valence-corrected chi connectivity index (χ0v) is 21.0. The molecule has 7 nitrogen and oxygen atoms in total. The van der Waals surface area contributed by atoms with Crippen LogP contribution >= 0.6 is 24.0 Å². The van der Waals surface area contributed by atoms with Crippen LogP contribution in [0, 0.1) is 6.92 Å². The van der Waals surface area contributed by atoms with Crippen molar-refractivity contribution in [1.82, 2.24) is 14.3 Å². The van der Waals surface area contributed by atoms with E-state index in [0.717, 1.165) is 24.8 Å². The Hall–Kier alpha value is -2.91. The third-order valence-electron chi connectivity index (χ3n) is 5.65. The average Bonchev–Trinajstić information content (AvgIpc) is 3.43. The zero-order chi connectivity index (χ0) is 24.1. The summed E-state index contributed by atoms with van der Waals surface area (Å²) in [5.41, 5.74) is 1.53. The van der Waals surface area contributed by atoms with E-state index >= 15 is 0 Å². The fourth-order valence-electron chi connectivity index (χ4n) is 3.80. The van der Waals surface area contributed by atoms with Crippen LogP contribution in [-0.2, 0) is 11.3 Å². The maximum atomic E-state index is 13.4. The molecule has 0 unspecified atom stereocenters. The lowest BCUT2D eigenvalue weighted by molar-refractivity contribution is -0.122. The van der Waals surface area contributed by atoms with Crippen molar-refractivity contribution < 1.29 is 9.21 Å². The fourth-order valence-corrected chi connectivity index (χ4v) is 5.10. The number of fused-ring (bicyclic) bond motifs is 1. The number of amides is 1. The lowest BCUT2D eigenvalue weighted by atomic mass is 10.1. The highest BCUT2D eigenvalue weighted by Crippen LogP contribution is 2.33. The first-order valence-corrected chi connectivity index (χ1v) is 12.7. The summed E-state index contributed by atoms with van der Waals surface area (Å²) in [6.07, 6.45) is 10.5. The molecule has 3 aromatic heterocycles. The molecule has 1 amide bonds. The number of nitrogens with one attached hydrogen (secondary N) is 1. The third kappa shape index (κ3) is 5.42. The van der Waals surface area contributed by atoms with Crippen LogP contribution in [0.15, 0.2) is 50.8 Å². The SMILES string of the molecule is CCCCCCCN1C(=O)C(=Cc2c(NCc3ccco3)nc3ccc(C)cn3c2=O)SC1=S. The highest BCUT2D eigenvalue weighted by atomic mass is 32.2. The minimum absolute atomic E-state index is 0.156. The van der Waals surface area contributed by atoms with Gasteiger partial charge in [-0.15, -0.1) is 0 Å². The molecule has 1 N–H and O–H groups in total. The standard InChI is InChI=1S/C25H28N4O3S2/c1-3-4-5-6-7-12-28-24(31)20(34-25(28)33)14-19-22(26-15-18-9-8-13-32-18)27-21-11-10-17(2)16-29(21)23(19)30/h8-11,13-14,16,26H,3-7,12,15H2,1-2H3. The average molecular weight is 497 g/mol. The number of furan rings is 1. The van der Waals surface area contributed by atoms with Gasteiger partial charge in [0.05, 0.1) is 23.3 Å². The highest BCUT2D eigenvalue weighted by molar-refractivity contribution is 8.26. The number of carbonyl (C=O) groups is 1. The molecule has 0 atom stereocenters. The number of nitrogens with zero attached hydrogens (tertiary/aromatic N) is 3. The summed E-state index contributed by atoms with van der Waals surface area (Å²) in [5, 5.41) is 3.20. The molecular weight excluding hydrogens is 468 g/mol. The van der Waals surface area contributed by atoms with Gasteiger partial charge in [-0.05, 0) is 43.2 Å². The van der Waals surface area contributed by atoms with Crippen LogP contribution in [0.5, 0.6) is 0 Å². The number of hydrogen-bond acceptors (Lipinski definition) is 7. The van der Waals surface area contributed by atoms with Gasteiger partial charge in [0.25, 0.3) is 11.5 Å². The molecule has 4 rings (SSSR count). The molecule has 0 bridgehead atoms. The van der Waals surface area contributed by atoms with E-state index in [-0.39, 0.29) is 11.5 Å². The van der Waals surface area contributed by atoms with E-state index in [0.29, 0.717) is 45.1 Å². The Labute approximate surface area is 208 Å². The second-order valence-corrected chi connectivity index (χ2v) is 9.97. The second kappa shape index (κ2) is 11.0. The number of anilines is 1. The Morgan fingerprint density at radius 3 is 2.76 bits per heavy atom. The first-order valence-electron chi connectivity index (χ1n) is 11.5. The van der Waals surface area contributed by atoms with E-state index in [1.807, 2.05) is 19.1 Å². The minimum atomic E-state index is -0.250. The maximum absolute atomic E-state index is 13.4. The van der Waals surface area contributed by atoms with E-state index in [1.54, 1.807) is 35.6 Å². The Kier molecular flexibility index (Phi) is 7.84. The number of carbonyl (C=O) groups excluding carboxylic acids is 1. The summed E-state index contributed by atoms with van der Waals surface area (Å²) in [4.78, 5) is 33.3. The van der Waals surface area contributed by atoms with Crippen molar-refractivity contribution in [1.29, 1.82) is 0 Å². The molecule has 178 valence electrons. The van der Waals surface area contributed by atoms with Gasteiger partial charge in [-0.3, -0.25) is 18.9 Å². The fraction of sp³-hybridized carbons (Fsp3) is 0.360. The smallest absolute Gasteiger partial charge is 0.267 e. The van der Waals surface area contributed by atoms with Crippen molar-refractivity contribution in [3.8, 4) is 0 Å². The van der Waals surface area contributed by atoms with Crippen molar-refractivity contribution in [3.63, 3.8) is 0 Å². The highest BCUT2D eigenvalue weighted by Gasteiger charge is 2.32. The largest absolute Gasteiger partial charge is 0.467 e. The van der Waals surface area contributed by atoms with E-state index in [9.17, 15) is 9.59 Å². The Bertz CT molecular complexity index is 1280. The monoisotopic (exact) mass is 496 g/mol. The molecule has 4 heterocycles. The van der Waals surface area contributed by atoms with Crippen molar-refractivity contribution in [2.75, 3.05) is 11.9 Å². The number of aromatic nitrogens is 2. The molecule has 9 heteroatoms. The minimum Gasteiger partial charge on any atom is -0.467 e. The van der Waals surface area contributed by atoms with Crippen LogP contribution in [-0.4, -0.2) is 31.1 Å². The zero-order valence-electron chi connectivity index (χ0n) is 19.4. The van der Waals surface area contributed by atoms with Gasteiger partial charge in [0.1, 0.15) is 21.5 Å². The molecule has 0 aromatic carbocycles. The summed E-state index contributed by atoms with van der Waals surface area (Å²) >= 11 is 6.71. The van der Waals surface area contributed by atoms with Crippen LogP contribution < -0.4 is 10.9 Å². The predicted molar refractivity (Wildman–Crippen MR) is 141 cm³/mol. The molecule has 34 heavy (non-hydrogen) atoms. The van der Waals surface area contributed by atoms with Crippen molar-refractivity contribution >= 4 is 51.7 Å². The molecule has 0 spiro atoms. The summed E-state index contributed by atoms with van der Waals surface area (Å²) in [6, 6.07) is 7.35. The first kappa shape index (κ1) is 24.2. The number of unbranched alkanes of at least 4 members (excludes halogenated alkanes) is 4. The molecular formula is C25H28N4O3S2. The number of aryl methyl sites for hydroxylation is 1. The van der Waals surface area contributed by atoms with Crippen LogP contribution in [0.2, 0.25) is 0 Å². The molecule has 0 saturated carbocycles. The number of hydrogen-bond donors (Lipinski definition) is 1. The van der Waals surface area contributed by atoms with Crippen molar-refractivity contribution in [2.45, 2.75) is 52.5 Å². The van der Waals surface area contributed by atoms with Gasteiger partial charge >= 0.3 is 0 Å². The summed E-state index contributed by atoms with van der Waals surface area (Å²) in [6.45, 7) is 5.06. The molecule has 1 aliphatic heterocycles. The van der Waals surface area contributed by atoms with Crippen LogP contribution in [0.1, 0.15) is 55.9 Å². The summed E-state index contributed by atoms with van der Waals surface area (Å²) < 4.78 is 7.43. The normalized spacial score (nSPS) is 15.1. The van der Waals surface area contributed by atoms with Gasteiger partial charge in [0.15, 0.2) is 0 Å². The van der Waals surface area contributed by atoms with Crippen LogP contribution in [0.25, 0.3) is 11.7 Å².